The molecule has 0 aliphatic heterocycles. The molecule has 0 saturated heterocycles. The molecular formula is C13H8BrFN2S. The van der Waals surface area contributed by atoms with Crippen molar-refractivity contribution < 1.29 is 4.39 Å². The van der Waals surface area contributed by atoms with E-state index >= 15 is 0 Å². The van der Waals surface area contributed by atoms with E-state index in [1.54, 1.807) is 24.5 Å². The van der Waals surface area contributed by atoms with E-state index in [0.717, 1.165) is 11.1 Å². The van der Waals surface area contributed by atoms with Crippen molar-refractivity contribution in [3.8, 4) is 0 Å². The lowest BCUT2D eigenvalue weighted by Gasteiger charge is -2.12. The number of hydrogen-bond acceptors (Lipinski definition) is 3. The van der Waals surface area contributed by atoms with Gasteiger partial charge >= 0.3 is 0 Å². The van der Waals surface area contributed by atoms with Gasteiger partial charge in [-0.05, 0) is 63.5 Å². The van der Waals surface area contributed by atoms with Gasteiger partial charge in [0.1, 0.15) is 11.9 Å². The summed E-state index contributed by atoms with van der Waals surface area (Å²) < 4.78 is 13.6. The highest BCUT2D eigenvalue weighted by molar-refractivity contribution is 9.10. The van der Waals surface area contributed by atoms with Gasteiger partial charge in [-0.15, -0.1) is 0 Å². The molecule has 2 aromatic rings. The first-order chi connectivity index (χ1) is 8.72. The number of hydrogen-bond donors (Lipinski definition) is 0. The molecule has 0 saturated carbocycles. The minimum atomic E-state index is -0.307. The summed E-state index contributed by atoms with van der Waals surface area (Å²) in [6, 6.07) is 8.17. The van der Waals surface area contributed by atoms with E-state index in [1.807, 2.05) is 12.1 Å². The molecule has 0 fully saturated rings. The van der Waals surface area contributed by atoms with Crippen molar-refractivity contribution >= 4 is 33.3 Å². The first kappa shape index (κ1) is 13.0. The fourth-order valence-corrected chi connectivity index (χ4v) is 2.12. The molecule has 0 unspecified atom stereocenters. The van der Waals surface area contributed by atoms with Crippen molar-refractivity contribution in [2.45, 2.75) is 6.04 Å². The van der Waals surface area contributed by atoms with Crippen molar-refractivity contribution in [3.05, 3.63) is 64.1 Å². The number of rotatable bonds is 3. The maximum absolute atomic E-state index is 13.2. The largest absolute Gasteiger partial charge is 0.265 e. The van der Waals surface area contributed by atoms with Crippen molar-refractivity contribution in [1.82, 2.24) is 4.98 Å². The fourth-order valence-electron chi connectivity index (χ4n) is 1.62. The summed E-state index contributed by atoms with van der Waals surface area (Å²) in [6.45, 7) is 0. The third kappa shape index (κ3) is 2.88. The van der Waals surface area contributed by atoms with Crippen molar-refractivity contribution in [3.63, 3.8) is 0 Å². The highest BCUT2D eigenvalue weighted by Crippen LogP contribution is 2.28. The van der Waals surface area contributed by atoms with Crippen LogP contribution in [-0.4, -0.2) is 10.1 Å². The van der Waals surface area contributed by atoms with E-state index in [9.17, 15) is 4.39 Å². The van der Waals surface area contributed by atoms with E-state index in [-0.39, 0.29) is 11.9 Å². The Kier molecular flexibility index (Phi) is 4.31. The van der Waals surface area contributed by atoms with Crippen molar-refractivity contribution in [2.24, 2.45) is 4.99 Å². The van der Waals surface area contributed by atoms with Crippen LogP contribution in [0.5, 0.6) is 0 Å². The van der Waals surface area contributed by atoms with Gasteiger partial charge in [-0.25, -0.2) is 9.38 Å². The number of halogens is 2. The third-order valence-corrected chi connectivity index (χ3v) is 3.18. The van der Waals surface area contributed by atoms with Gasteiger partial charge in [0.2, 0.25) is 0 Å². The van der Waals surface area contributed by atoms with E-state index in [1.165, 1.54) is 6.07 Å². The van der Waals surface area contributed by atoms with Crippen LogP contribution in [0.2, 0.25) is 0 Å². The smallest absolute Gasteiger partial charge is 0.137 e. The molecule has 18 heavy (non-hydrogen) atoms. The normalized spacial score (nSPS) is 11.7. The molecule has 0 spiro atoms. The molecule has 1 atom stereocenters. The van der Waals surface area contributed by atoms with Crippen LogP contribution >= 0.6 is 28.1 Å². The summed E-state index contributed by atoms with van der Waals surface area (Å²) in [5, 5.41) is 2.38. The van der Waals surface area contributed by atoms with Crippen LogP contribution in [0.25, 0.3) is 0 Å². The Labute approximate surface area is 118 Å². The Morgan fingerprint density at radius 2 is 1.94 bits per heavy atom. The molecule has 0 aliphatic carbocycles. The maximum atomic E-state index is 13.2. The zero-order valence-electron chi connectivity index (χ0n) is 9.18. The lowest BCUT2D eigenvalue weighted by atomic mass is 10.0. The quantitative estimate of drug-likeness (QED) is 0.625. The molecule has 0 N–H and O–H groups in total. The van der Waals surface area contributed by atoms with Gasteiger partial charge in [-0.3, -0.25) is 4.98 Å². The van der Waals surface area contributed by atoms with Crippen molar-refractivity contribution in [2.75, 3.05) is 0 Å². The maximum Gasteiger partial charge on any atom is 0.137 e. The molecule has 0 aliphatic rings. The second-order valence-electron chi connectivity index (χ2n) is 3.58. The van der Waals surface area contributed by atoms with E-state index in [0.29, 0.717) is 4.47 Å². The zero-order valence-corrected chi connectivity index (χ0v) is 11.6. The monoisotopic (exact) mass is 322 g/mol. The van der Waals surface area contributed by atoms with Crippen LogP contribution < -0.4 is 0 Å². The number of thiocarbonyl (C=S) groups is 1. The number of nitrogens with zero attached hydrogens (tertiary/aromatic N) is 2. The Balaban J connectivity index is 2.48. The van der Waals surface area contributed by atoms with Crippen LogP contribution in [-0.2, 0) is 0 Å². The minimum Gasteiger partial charge on any atom is -0.265 e. The van der Waals surface area contributed by atoms with E-state index < -0.39 is 0 Å². The van der Waals surface area contributed by atoms with Crippen LogP contribution in [0.1, 0.15) is 17.2 Å². The van der Waals surface area contributed by atoms with Crippen molar-refractivity contribution in [1.29, 1.82) is 0 Å². The summed E-state index contributed by atoms with van der Waals surface area (Å²) in [5.41, 5.74) is 1.77. The molecule has 2 nitrogen and oxygen atoms in total. The number of isothiocyanates is 1. The molecule has 0 amide bonds. The SMILES string of the molecule is Fc1ccc([C@H](N=C=S)c2ccncc2)cc1Br. The molecule has 1 heterocycles. The predicted octanol–water partition coefficient (Wildman–Crippen LogP) is 4.18. The fraction of sp³-hybridized carbons (Fsp3) is 0.0769. The molecule has 0 radical (unpaired) electrons. The number of aromatic nitrogens is 1. The summed E-state index contributed by atoms with van der Waals surface area (Å²) in [7, 11) is 0. The predicted molar refractivity (Wildman–Crippen MR) is 75.2 cm³/mol. The standard InChI is InChI=1S/C13H8BrFN2S/c14-11-7-10(1-2-12(11)15)13(17-8-18)9-3-5-16-6-4-9/h1-7,13H/t13-/m1/s1. The minimum absolute atomic E-state index is 0.289. The highest BCUT2D eigenvalue weighted by Gasteiger charge is 2.13. The zero-order chi connectivity index (χ0) is 13.0. The van der Waals surface area contributed by atoms with Crippen LogP contribution in [0.15, 0.2) is 52.2 Å². The Morgan fingerprint density at radius 1 is 1.22 bits per heavy atom. The lowest BCUT2D eigenvalue weighted by Crippen LogP contribution is -1.98. The van der Waals surface area contributed by atoms with Gasteiger partial charge in [0.15, 0.2) is 0 Å². The summed E-state index contributed by atoms with van der Waals surface area (Å²) in [5.74, 6) is -0.307. The van der Waals surface area contributed by atoms with Crippen LogP contribution in [0, 0.1) is 5.82 Å². The van der Waals surface area contributed by atoms with Crippen LogP contribution in [0.4, 0.5) is 4.39 Å². The van der Waals surface area contributed by atoms with Gasteiger partial charge in [-0.1, -0.05) is 6.07 Å². The van der Waals surface area contributed by atoms with E-state index in [2.05, 4.69) is 43.3 Å². The number of benzene rings is 1. The molecule has 2 rings (SSSR count). The summed E-state index contributed by atoms with van der Waals surface area (Å²) in [6.07, 6.45) is 3.36. The highest BCUT2D eigenvalue weighted by atomic mass is 79.9. The Bertz CT molecular complexity index is 597. The second-order valence-corrected chi connectivity index (χ2v) is 4.61. The Morgan fingerprint density at radius 3 is 2.56 bits per heavy atom. The van der Waals surface area contributed by atoms with E-state index in [4.69, 9.17) is 0 Å². The lowest BCUT2D eigenvalue weighted by molar-refractivity contribution is 0.619. The first-order valence-electron chi connectivity index (χ1n) is 5.14. The molecule has 0 bridgehead atoms. The summed E-state index contributed by atoms with van der Waals surface area (Å²) in [4.78, 5) is 8.09. The second kappa shape index (κ2) is 5.96. The number of pyridine rings is 1. The average Bonchev–Trinajstić information content (AvgIpc) is 2.40. The number of aliphatic imine (C=N–C) groups is 1. The first-order valence-corrected chi connectivity index (χ1v) is 6.34. The van der Waals surface area contributed by atoms with Gasteiger partial charge in [0.25, 0.3) is 0 Å². The molecule has 1 aromatic carbocycles. The van der Waals surface area contributed by atoms with Gasteiger partial charge in [0, 0.05) is 12.4 Å². The molecule has 5 heteroatoms. The summed E-state index contributed by atoms with van der Waals surface area (Å²) >= 11 is 7.83. The van der Waals surface area contributed by atoms with Gasteiger partial charge in [-0.2, -0.15) is 0 Å². The van der Waals surface area contributed by atoms with Crippen LogP contribution in [0.3, 0.4) is 0 Å². The topological polar surface area (TPSA) is 25.2 Å². The third-order valence-electron chi connectivity index (χ3n) is 2.46. The molecule has 90 valence electrons. The average molecular weight is 323 g/mol. The Hall–Kier alpha value is -1.42. The molecule has 1 aromatic heterocycles. The molecular weight excluding hydrogens is 315 g/mol. The van der Waals surface area contributed by atoms with Gasteiger partial charge < -0.3 is 0 Å². The van der Waals surface area contributed by atoms with Gasteiger partial charge in [0.05, 0.1) is 9.63 Å².